The third-order valence-electron chi connectivity index (χ3n) is 4.06. The van der Waals surface area contributed by atoms with Gasteiger partial charge < -0.3 is 19.8 Å². The van der Waals surface area contributed by atoms with E-state index in [1.165, 1.54) is 4.80 Å². The summed E-state index contributed by atoms with van der Waals surface area (Å²) in [5, 5.41) is 27.6. The van der Waals surface area contributed by atoms with Crippen LogP contribution in [0.1, 0.15) is 23.0 Å². The lowest BCUT2D eigenvalue weighted by atomic mass is 10.2. The van der Waals surface area contributed by atoms with Gasteiger partial charge in [0.2, 0.25) is 5.69 Å². The van der Waals surface area contributed by atoms with Gasteiger partial charge in [-0.15, -0.1) is 15.0 Å². The maximum atomic E-state index is 11.7. The number of anilines is 1. The van der Waals surface area contributed by atoms with Crippen molar-refractivity contribution in [3.05, 3.63) is 65.9 Å². The van der Waals surface area contributed by atoms with E-state index < -0.39 is 5.97 Å². The van der Waals surface area contributed by atoms with Crippen molar-refractivity contribution in [2.75, 3.05) is 24.7 Å². The molecule has 0 amide bonds. The zero-order valence-corrected chi connectivity index (χ0v) is 15.5. The standard InChI is InChI=1S/C20H22N4O4/c1-2-28-17-10-8-16(9-11-17)24-21-18(20(26)27)19(22-24)23(12-13-25)14-15-6-4-3-5-7-15/h3-11,25H,2,12-14H2,1H3,(H,26,27). The number of aliphatic hydroxyl groups is 1. The fourth-order valence-corrected chi connectivity index (χ4v) is 2.79. The van der Waals surface area contributed by atoms with E-state index >= 15 is 0 Å². The smallest absolute Gasteiger partial charge is 0.360 e. The number of hydrogen-bond donors (Lipinski definition) is 2. The molecule has 8 nitrogen and oxygen atoms in total. The van der Waals surface area contributed by atoms with E-state index in [4.69, 9.17) is 4.74 Å². The second-order valence-corrected chi connectivity index (χ2v) is 6.02. The Kier molecular flexibility index (Phi) is 6.23. The molecule has 0 spiro atoms. The topological polar surface area (TPSA) is 101 Å². The number of aliphatic hydroxyl groups excluding tert-OH is 1. The van der Waals surface area contributed by atoms with Gasteiger partial charge in [0, 0.05) is 13.1 Å². The van der Waals surface area contributed by atoms with Gasteiger partial charge in [-0.05, 0) is 36.8 Å². The lowest BCUT2D eigenvalue weighted by Crippen LogP contribution is -2.28. The molecule has 2 aromatic carbocycles. The molecule has 0 atom stereocenters. The number of carboxylic acid groups (broad SMARTS) is 1. The maximum Gasteiger partial charge on any atom is 0.360 e. The van der Waals surface area contributed by atoms with Crippen LogP contribution >= 0.6 is 0 Å². The summed E-state index contributed by atoms with van der Waals surface area (Å²) in [7, 11) is 0. The van der Waals surface area contributed by atoms with Gasteiger partial charge in [0.05, 0.1) is 18.9 Å². The average Bonchev–Trinajstić information content (AvgIpc) is 3.15. The molecule has 28 heavy (non-hydrogen) atoms. The molecule has 0 aliphatic carbocycles. The molecule has 0 radical (unpaired) electrons. The van der Waals surface area contributed by atoms with Crippen molar-refractivity contribution in [1.82, 2.24) is 15.0 Å². The minimum absolute atomic E-state index is 0.137. The molecule has 0 bridgehead atoms. The van der Waals surface area contributed by atoms with Crippen LogP contribution in [-0.4, -0.2) is 50.9 Å². The van der Waals surface area contributed by atoms with Gasteiger partial charge in [-0.3, -0.25) is 0 Å². The molecule has 0 saturated heterocycles. The highest BCUT2D eigenvalue weighted by Gasteiger charge is 2.23. The Balaban J connectivity index is 1.95. The summed E-state index contributed by atoms with van der Waals surface area (Å²) in [5.74, 6) is -0.259. The number of aromatic carboxylic acids is 1. The summed E-state index contributed by atoms with van der Waals surface area (Å²) < 4.78 is 5.42. The summed E-state index contributed by atoms with van der Waals surface area (Å²) in [6, 6.07) is 16.6. The Hall–Kier alpha value is -3.39. The molecule has 0 aliphatic rings. The first-order valence-electron chi connectivity index (χ1n) is 8.96. The number of ether oxygens (including phenoxy) is 1. The summed E-state index contributed by atoms with van der Waals surface area (Å²) in [5.41, 5.74) is 1.42. The molecule has 146 valence electrons. The van der Waals surface area contributed by atoms with Crippen molar-refractivity contribution in [3.63, 3.8) is 0 Å². The highest BCUT2D eigenvalue weighted by molar-refractivity contribution is 5.91. The minimum atomic E-state index is -1.18. The zero-order chi connectivity index (χ0) is 19.9. The fourth-order valence-electron chi connectivity index (χ4n) is 2.79. The van der Waals surface area contributed by atoms with Crippen LogP contribution in [0, 0.1) is 0 Å². The predicted molar refractivity (Wildman–Crippen MR) is 104 cm³/mol. The van der Waals surface area contributed by atoms with Gasteiger partial charge in [-0.1, -0.05) is 30.3 Å². The van der Waals surface area contributed by atoms with E-state index in [9.17, 15) is 15.0 Å². The van der Waals surface area contributed by atoms with Crippen molar-refractivity contribution >= 4 is 11.8 Å². The first-order chi connectivity index (χ1) is 13.6. The van der Waals surface area contributed by atoms with E-state index in [1.54, 1.807) is 29.2 Å². The van der Waals surface area contributed by atoms with Crippen LogP contribution in [0.4, 0.5) is 5.82 Å². The number of hydrogen-bond acceptors (Lipinski definition) is 6. The molecular formula is C20H22N4O4. The van der Waals surface area contributed by atoms with Crippen LogP contribution in [0.3, 0.4) is 0 Å². The first-order valence-corrected chi connectivity index (χ1v) is 8.96. The minimum Gasteiger partial charge on any atom is -0.494 e. The zero-order valence-electron chi connectivity index (χ0n) is 15.5. The second-order valence-electron chi connectivity index (χ2n) is 6.02. The van der Waals surface area contributed by atoms with Crippen LogP contribution in [0.25, 0.3) is 5.69 Å². The Morgan fingerprint density at radius 3 is 2.43 bits per heavy atom. The largest absolute Gasteiger partial charge is 0.494 e. The van der Waals surface area contributed by atoms with Crippen LogP contribution in [-0.2, 0) is 6.54 Å². The number of rotatable bonds is 9. The molecule has 8 heteroatoms. The predicted octanol–water partition coefficient (Wildman–Crippen LogP) is 2.36. The molecule has 0 fully saturated rings. The van der Waals surface area contributed by atoms with E-state index in [-0.39, 0.29) is 24.7 Å². The van der Waals surface area contributed by atoms with E-state index in [1.807, 2.05) is 37.3 Å². The number of carbonyl (C=O) groups is 1. The first kappa shape index (κ1) is 19.4. The van der Waals surface area contributed by atoms with Crippen molar-refractivity contribution in [2.24, 2.45) is 0 Å². The van der Waals surface area contributed by atoms with Crippen molar-refractivity contribution < 1.29 is 19.7 Å². The van der Waals surface area contributed by atoms with Crippen LogP contribution in [0.2, 0.25) is 0 Å². The van der Waals surface area contributed by atoms with Gasteiger partial charge in [-0.2, -0.15) is 0 Å². The van der Waals surface area contributed by atoms with E-state index in [0.717, 1.165) is 5.56 Å². The molecule has 1 aromatic heterocycles. The van der Waals surface area contributed by atoms with Crippen LogP contribution in [0.15, 0.2) is 54.6 Å². The van der Waals surface area contributed by atoms with Gasteiger partial charge in [0.15, 0.2) is 5.82 Å². The SMILES string of the molecule is CCOc1ccc(-n2nc(C(=O)O)c(N(CCO)Cc3ccccc3)n2)cc1. The summed E-state index contributed by atoms with van der Waals surface area (Å²) >= 11 is 0. The molecule has 0 unspecified atom stereocenters. The highest BCUT2D eigenvalue weighted by Crippen LogP contribution is 2.21. The lowest BCUT2D eigenvalue weighted by molar-refractivity contribution is 0.0690. The third kappa shape index (κ3) is 4.47. The normalized spacial score (nSPS) is 10.6. The summed E-state index contributed by atoms with van der Waals surface area (Å²) in [6.45, 7) is 2.96. The molecular weight excluding hydrogens is 360 g/mol. The number of carboxylic acids is 1. The Labute approximate surface area is 162 Å². The van der Waals surface area contributed by atoms with Gasteiger partial charge >= 0.3 is 5.97 Å². The molecule has 2 N–H and O–H groups in total. The number of nitrogens with zero attached hydrogens (tertiary/aromatic N) is 4. The number of aromatic nitrogens is 3. The lowest BCUT2D eigenvalue weighted by Gasteiger charge is -2.21. The second kappa shape index (κ2) is 9.01. The van der Waals surface area contributed by atoms with Gasteiger partial charge in [0.1, 0.15) is 5.75 Å². The quantitative estimate of drug-likeness (QED) is 0.586. The van der Waals surface area contributed by atoms with Crippen LogP contribution < -0.4 is 9.64 Å². The third-order valence-corrected chi connectivity index (χ3v) is 4.06. The molecule has 0 aliphatic heterocycles. The van der Waals surface area contributed by atoms with Crippen molar-refractivity contribution in [1.29, 1.82) is 0 Å². The summed E-state index contributed by atoms with van der Waals surface area (Å²) in [4.78, 5) is 14.7. The highest BCUT2D eigenvalue weighted by atomic mass is 16.5. The number of benzene rings is 2. The Bertz CT molecular complexity index is 910. The fraction of sp³-hybridized carbons (Fsp3) is 0.250. The molecule has 3 rings (SSSR count). The molecule has 3 aromatic rings. The van der Waals surface area contributed by atoms with Gasteiger partial charge in [0.25, 0.3) is 0 Å². The van der Waals surface area contributed by atoms with Crippen LogP contribution in [0.5, 0.6) is 5.75 Å². The van der Waals surface area contributed by atoms with E-state index in [2.05, 4.69) is 10.2 Å². The summed E-state index contributed by atoms with van der Waals surface area (Å²) in [6.07, 6.45) is 0. The maximum absolute atomic E-state index is 11.7. The Morgan fingerprint density at radius 1 is 1.11 bits per heavy atom. The Morgan fingerprint density at radius 2 is 1.82 bits per heavy atom. The average molecular weight is 382 g/mol. The molecule has 1 heterocycles. The van der Waals surface area contributed by atoms with Crippen molar-refractivity contribution in [3.8, 4) is 11.4 Å². The van der Waals surface area contributed by atoms with E-state index in [0.29, 0.717) is 24.6 Å². The van der Waals surface area contributed by atoms with Gasteiger partial charge in [-0.25, -0.2) is 4.79 Å². The molecule has 0 saturated carbocycles. The van der Waals surface area contributed by atoms with Crippen molar-refractivity contribution in [2.45, 2.75) is 13.5 Å². The monoisotopic (exact) mass is 382 g/mol.